The van der Waals surface area contributed by atoms with E-state index in [9.17, 15) is 26.9 Å². The summed E-state index contributed by atoms with van der Waals surface area (Å²) in [4.78, 5) is 8.20. The van der Waals surface area contributed by atoms with Gasteiger partial charge in [-0.15, -0.1) is 0 Å². The fraction of sp³-hybridized carbons (Fsp3) is 0. The maximum absolute atomic E-state index is 12.6. The average Bonchev–Trinajstić information content (AvgIpc) is 2.46. The first kappa shape index (κ1) is 16.9. The number of nitro benzene ring substituents is 1. The number of nitro groups is 1. The lowest BCUT2D eigenvalue weighted by atomic mass is 10.3. The Kier molecular flexibility index (Phi) is 4.11. The van der Waals surface area contributed by atoms with Crippen LogP contribution in [0.25, 0.3) is 0 Å². The molecular weight excluding hydrogens is 346 g/mol. The zero-order valence-electron chi connectivity index (χ0n) is 11.4. The predicted molar refractivity (Wildman–Crippen MR) is 80.8 cm³/mol. The van der Waals surface area contributed by atoms with Crippen molar-refractivity contribution < 1.29 is 21.8 Å². The number of nitrogen functional groups attached to an aromatic ring is 1. The topological polar surface area (TPSA) is 163 Å². The summed E-state index contributed by atoms with van der Waals surface area (Å²) in [6.45, 7) is 0. The largest absolute Gasteiger partial charge is 0.399 e. The van der Waals surface area contributed by atoms with E-state index in [0.29, 0.717) is 11.8 Å². The summed E-state index contributed by atoms with van der Waals surface area (Å²) in [6, 6.07) is 7.38. The van der Waals surface area contributed by atoms with Gasteiger partial charge in [0.1, 0.15) is 4.90 Å². The van der Waals surface area contributed by atoms with Crippen molar-refractivity contribution in [3.63, 3.8) is 0 Å². The van der Waals surface area contributed by atoms with Crippen molar-refractivity contribution in [2.45, 2.75) is 14.7 Å². The molecule has 11 heteroatoms. The van der Waals surface area contributed by atoms with Crippen molar-refractivity contribution in [2.75, 3.05) is 5.73 Å². The normalized spacial score (nSPS) is 12.0. The van der Waals surface area contributed by atoms with E-state index >= 15 is 0 Å². The minimum absolute atomic E-state index is 0.217. The van der Waals surface area contributed by atoms with E-state index in [1.54, 1.807) is 0 Å². The van der Waals surface area contributed by atoms with Crippen molar-refractivity contribution in [3.8, 4) is 0 Å². The molecule has 0 amide bonds. The number of nitrogens with two attached hydrogens (primary N) is 2. The Balaban J connectivity index is 2.76. The lowest BCUT2D eigenvalue weighted by Gasteiger charge is -2.09. The summed E-state index contributed by atoms with van der Waals surface area (Å²) in [5.41, 5.74) is 5.20. The monoisotopic (exact) mass is 357 g/mol. The van der Waals surface area contributed by atoms with Gasteiger partial charge in [-0.3, -0.25) is 10.1 Å². The molecule has 0 saturated carbocycles. The molecule has 2 aromatic carbocycles. The number of nitrogens with zero attached hydrogens (tertiary/aromatic N) is 1. The van der Waals surface area contributed by atoms with Gasteiger partial charge in [0.05, 0.1) is 14.7 Å². The van der Waals surface area contributed by atoms with E-state index in [-0.39, 0.29) is 4.90 Å². The molecule has 9 nitrogen and oxygen atoms in total. The van der Waals surface area contributed by atoms with Gasteiger partial charge >= 0.3 is 0 Å². The van der Waals surface area contributed by atoms with Crippen LogP contribution in [0.4, 0.5) is 11.4 Å². The van der Waals surface area contributed by atoms with Crippen LogP contribution in [0, 0.1) is 10.1 Å². The smallest absolute Gasteiger partial charge is 0.270 e. The van der Waals surface area contributed by atoms with Crippen molar-refractivity contribution in [3.05, 3.63) is 52.6 Å². The first-order valence-electron chi connectivity index (χ1n) is 5.95. The molecule has 0 aromatic heterocycles. The number of anilines is 1. The van der Waals surface area contributed by atoms with Crippen molar-refractivity contribution >= 4 is 31.2 Å². The first-order valence-corrected chi connectivity index (χ1v) is 8.98. The highest BCUT2D eigenvalue weighted by Crippen LogP contribution is 2.30. The van der Waals surface area contributed by atoms with Gasteiger partial charge in [0.15, 0.2) is 0 Å². The van der Waals surface area contributed by atoms with Gasteiger partial charge in [-0.2, -0.15) is 0 Å². The number of sulfone groups is 1. The molecule has 0 bridgehead atoms. The highest BCUT2D eigenvalue weighted by Gasteiger charge is 2.28. The number of benzene rings is 2. The molecule has 0 aliphatic rings. The van der Waals surface area contributed by atoms with Crippen LogP contribution in [-0.2, 0) is 19.9 Å². The Morgan fingerprint density at radius 1 is 0.913 bits per heavy atom. The van der Waals surface area contributed by atoms with E-state index in [1.807, 2.05) is 0 Å². The highest BCUT2D eigenvalue weighted by atomic mass is 32.2. The molecule has 0 aliphatic carbocycles. The molecule has 0 radical (unpaired) electrons. The Morgan fingerprint density at radius 2 is 1.48 bits per heavy atom. The molecule has 4 N–H and O–H groups in total. The van der Waals surface area contributed by atoms with Gasteiger partial charge in [-0.05, 0) is 30.3 Å². The lowest BCUT2D eigenvalue weighted by Crippen LogP contribution is -2.17. The van der Waals surface area contributed by atoms with Crippen LogP contribution in [-0.4, -0.2) is 21.8 Å². The minimum atomic E-state index is -4.50. The van der Waals surface area contributed by atoms with Crippen molar-refractivity contribution in [1.29, 1.82) is 0 Å². The van der Waals surface area contributed by atoms with Crippen molar-refractivity contribution in [1.82, 2.24) is 0 Å². The molecule has 0 aliphatic heterocycles. The third-order valence-electron chi connectivity index (χ3n) is 2.92. The van der Waals surface area contributed by atoms with E-state index in [0.717, 1.165) is 12.1 Å². The third-order valence-corrected chi connectivity index (χ3v) is 5.83. The molecular formula is C12H11N3O6S2. The minimum Gasteiger partial charge on any atom is -0.399 e. The van der Waals surface area contributed by atoms with Crippen LogP contribution < -0.4 is 10.9 Å². The summed E-state index contributed by atoms with van der Waals surface area (Å²) >= 11 is 0. The number of non-ortho nitro benzene ring substituents is 1. The predicted octanol–water partition coefficient (Wildman–Crippen LogP) is 0.657. The van der Waals surface area contributed by atoms with Gasteiger partial charge in [0, 0.05) is 17.8 Å². The first-order chi connectivity index (χ1) is 10.5. The van der Waals surface area contributed by atoms with Crippen LogP contribution in [0.2, 0.25) is 0 Å². The van der Waals surface area contributed by atoms with E-state index in [4.69, 9.17) is 10.9 Å². The SMILES string of the molecule is Nc1ccc(S(=O)(=O)c2ccc([N+](=O)[O-])cc2S(N)(=O)=O)cc1. The summed E-state index contributed by atoms with van der Waals surface area (Å²) in [5, 5.41) is 15.7. The third kappa shape index (κ3) is 3.31. The molecule has 2 aromatic rings. The fourth-order valence-corrected chi connectivity index (χ4v) is 4.46. The second-order valence-corrected chi connectivity index (χ2v) is 7.95. The summed E-state index contributed by atoms with van der Waals surface area (Å²) in [5.74, 6) is 0. The molecule has 0 spiro atoms. The van der Waals surface area contributed by atoms with E-state index in [1.165, 1.54) is 24.3 Å². The molecule has 2 rings (SSSR count). The Morgan fingerprint density at radius 3 is 1.96 bits per heavy atom. The van der Waals surface area contributed by atoms with Crippen LogP contribution in [0.1, 0.15) is 0 Å². The molecule has 0 fully saturated rings. The second kappa shape index (κ2) is 5.61. The van der Waals surface area contributed by atoms with Crippen LogP contribution in [0.15, 0.2) is 57.2 Å². The standard InChI is InChI=1S/C12H11N3O6S2/c13-8-1-4-10(5-2-8)22(18,19)11-6-3-9(15(16)17)7-12(11)23(14,20)21/h1-7H,13H2,(H2,14,20,21). The zero-order chi connectivity index (χ0) is 17.4. The Labute approximate surface area is 131 Å². The van der Waals surface area contributed by atoms with Gasteiger partial charge in [0.25, 0.3) is 5.69 Å². The number of rotatable bonds is 4. The number of hydrogen-bond donors (Lipinski definition) is 2. The van der Waals surface area contributed by atoms with Gasteiger partial charge in [-0.25, -0.2) is 22.0 Å². The number of primary sulfonamides is 1. The van der Waals surface area contributed by atoms with Crippen molar-refractivity contribution in [2.24, 2.45) is 5.14 Å². The fourth-order valence-electron chi connectivity index (χ4n) is 1.83. The lowest BCUT2D eigenvalue weighted by molar-refractivity contribution is -0.385. The maximum Gasteiger partial charge on any atom is 0.270 e. The molecule has 23 heavy (non-hydrogen) atoms. The number of hydrogen-bond acceptors (Lipinski definition) is 7. The maximum atomic E-state index is 12.6. The molecule has 0 heterocycles. The summed E-state index contributed by atoms with van der Waals surface area (Å²) in [6.07, 6.45) is 0. The number of sulfonamides is 1. The highest BCUT2D eigenvalue weighted by molar-refractivity contribution is 7.93. The van der Waals surface area contributed by atoms with Crippen LogP contribution >= 0.6 is 0 Å². The van der Waals surface area contributed by atoms with E-state index in [2.05, 4.69) is 0 Å². The van der Waals surface area contributed by atoms with Gasteiger partial charge < -0.3 is 5.73 Å². The van der Waals surface area contributed by atoms with Gasteiger partial charge in [-0.1, -0.05) is 0 Å². The zero-order valence-corrected chi connectivity index (χ0v) is 13.0. The van der Waals surface area contributed by atoms with Crippen LogP contribution in [0.3, 0.4) is 0 Å². The average molecular weight is 357 g/mol. The molecule has 0 saturated heterocycles. The molecule has 0 unspecified atom stereocenters. The quantitative estimate of drug-likeness (QED) is 0.461. The van der Waals surface area contributed by atoms with Crippen LogP contribution in [0.5, 0.6) is 0 Å². The van der Waals surface area contributed by atoms with E-state index < -0.39 is 40.3 Å². The molecule has 0 atom stereocenters. The summed E-state index contributed by atoms with van der Waals surface area (Å²) < 4.78 is 48.4. The molecule has 122 valence electrons. The summed E-state index contributed by atoms with van der Waals surface area (Å²) in [7, 11) is -8.75. The Hall–Kier alpha value is -2.50. The van der Waals surface area contributed by atoms with Gasteiger partial charge in [0.2, 0.25) is 19.9 Å². The second-order valence-electron chi connectivity index (χ2n) is 4.51. The Bertz CT molecular complexity index is 982.